The van der Waals surface area contributed by atoms with Crippen molar-refractivity contribution in [3.8, 4) is 0 Å². The van der Waals surface area contributed by atoms with Crippen LogP contribution in [-0.4, -0.2) is 30.0 Å². The summed E-state index contributed by atoms with van der Waals surface area (Å²) in [6.45, 7) is 4.71. The Morgan fingerprint density at radius 1 is 1.60 bits per heavy atom. The fraction of sp³-hybridized carbons (Fsp3) is 0.909. The minimum absolute atomic E-state index is 0.0757. The van der Waals surface area contributed by atoms with Crippen molar-refractivity contribution in [2.45, 2.75) is 57.1 Å². The largest absolute Gasteiger partial charge is 0.378 e. The molecule has 15 heavy (non-hydrogen) atoms. The first-order valence-corrected chi connectivity index (χ1v) is 6.06. The predicted octanol–water partition coefficient (Wildman–Crippen LogP) is 2.08. The number of carbonyl (C=O) groups excluding carboxylic acids is 1. The second-order valence-corrected chi connectivity index (χ2v) is 5.07. The predicted molar refractivity (Wildman–Crippen MR) is 61.1 cm³/mol. The van der Waals surface area contributed by atoms with Crippen LogP contribution < -0.4 is 5.32 Å². The summed E-state index contributed by atoms with van der Waals surface area (Å²) in [6.07, 6.45) is 3.50. The van der Waals surface area contributed by atoms with Gasteiger partial charge in [-0.1, -0.05) is 0 Å². The number of alkyl halides is 1. The van der Waals surface area contributed by atoms with Gasteiger partial charge in [-0.3, -0.25) is 4.79 Å². The molecule has 0 bridgehead atoms. The van der Waals surface area contributed by atoms with Gasteiger partial charge < -0.3 is 10.1 Å². The van der Waals surface area contributed by atoms with Crippen LogP contribution in [0.3, 0.4) is 0 Å². The van der Waals surface area contributed by atoms with Gasteiger partial charge in [0.2, 0.25) is 5.91 Å². The number of halogens is 1. The highest BCUT2D eigenvalue weighted by Gasteiger charge is 2.20. The number of hydrogen-bond acceptors (Lipinski definition) is 2. The highest BCUT2D eigenvalue weighted by Crippen LogP contribution is 2.15. The van der Waals surface area contributed by atoms with E-state index in [1.165, 1.54) is 0 Å². The smallest absolute Gasteiger partial charge is 0.222 e. The molecule has 0 aromatic carbocycles. The van der Waals surface area contributed by atoms with Crippen molar-refractivity contribution < 1.29 is 9.53 Å². The molecule has 3 atom stereocenters. The van der Waals surface area contributed by atoms with Crippen LogP contribution >= 0.6 is 11.6 Å². The van der Waals surface area contributed by atoms with Crippen LogP contribution in [0.2, 0.25) is 0 Å². The molecule has 0 radical (unpaired) electrons. The first-order chi connectivity index (χ1) is 7.08. The third-order valence-electron chi connectivity index (χ3n) is 2.52. The van der Waals surface area contributed by atoms with Crippen LogP contribution in [0.25, 0.3) is 0 Å². The second kappa shape index (κ2) is 6.33. The van der Waals surface area contributed by atoms with Gasteiger partial charge in [-0.2, -0.15) is 0 Å². The van der Waals surface area contributed by atoms with Crippen LogP contribution in [0.4, 0.5) is 0 Å². The Balaban J connectivity index is 2.16. The number of hydrogen-bond donors (Lipinski definition) is 1. The Hall–Kier alpha value is -0.280. The van der Waals surface area contributed by atoms with Gasteiger partial charge in [0.1, 0.15) is 0 Å². The van der Waals surface area contributed by atoms with Crippen molar-refractivity contribution >= 4 is 17.5 Å². The van der Waals surface area contributed by atoms with Crippen molar-refractivity contribution in [1.29, 1.82) is 0 Å². The standard InChI is InChI=1S/C11H20ClNO2/c1-8(12)6-9(2)13-11(14)7-10-4-3-5-15-10/h8-10H,3-7H2,1-2H3,(H,13,14). The van der Waals surface area contributed by atoms with E-state index in [-0.39, 0.29) is 23.4 Å². The lowest BCUT2D eigenvalue weighted by atomic mass is 10.1. The van der Waals surface area contributed by atoms with Crippen LogP contribution in [0.1, 0.15) is 39.5 Å². The maximum absolute atomic E-state index is 11.6. The minimum atomic E-state index is 0.0757. The lowest BCUT2D eigenvalue weighted by Crippen LogP contribution is -2.35. The molecule has 1 aliphatic heterocycles. The molecular formula is C11H20ClNO2. The normalized spacial score (nSPS) is 24.9. The van der Waals surface area contributed by atoms with Crippen molar-refractivity contribution in [2.24, 2.45) is 0 Å². The van der Waals surface area contributed by atoms with E-state index in [1.807, 2.05) is 13.8 Å². The molecule has 3 nitrogen and oxygen atoms in total. The first-order valence-electron chi connectivity index (χ1n) is 5.63. The lowest BCUT2D eigenvalue weighted by molar-refractivity contribution is -0.123. The number of rotatable bonds is 5. The molecule has 4 heteroatoms. The molecule has 3 unspecified atom stereocenters. The first kappa shape index (κ1) is 12.8. The number of carbonyl (C=O) groups is 1. The van der Waals surface area contributed by atoms with Crippen LogP contribution in [-0.2, 0) is 9.53 Å². The fourth-order valence-corrected chi connectivity index (χ4v) is 2.16. The van der Waals surface area contributed by atoms with Gasteiger partial charge in [0.25, 0.3) is 0 Å². The summed E-state index contributed by atoms with van der Waals surface area (Å²) in [4.78, 5) is 11.6. The summed E-state index contributed by atoms with van der Waals surface area (Å²) in [5.41, 5.74) is 0. The molecule has 1 fully saturated rings. The van der Waals surface area contributed by atoms with Crippen LogP contribution in [0.5, 0.6) is 0 Å². The summed E-state index contributed by atoms with van der Waals surface area (Å²) in [5.74, 6) is 0.0757. The molecule has 1 heterocycles. The van der Waals surface area contributed by atoms with Gasteiger partial charge in [-0.15, -0.1) is 11.6 Å². The van der Waals surface area contributed by atoms with Crippen LogP contribution in [0.15, 0.2) is 0 Å². The van der Waals surface area contributed by atoms with Gasteiger partial charge >= 0.3 is 0 Å². The quantitative estimate of drug-likeness (QED) is 0.739. The van der Waals surface area contributed by atoms with Gasteiger partial charge in [-0.05, 0) is 33.1 Å². The summed E-state index contributed by atoms with van der Waals surface area (Å²) < 4.78 is 5.40. The zero-order valence-electron chi connectivity index (χ0n) is 9.46. The zero-order chi connectivity index (χ0) is 11.3. The summed E-state index contributed by atoms with van der Waals surface area (Å²) >= 11 is 5.85. The highest BCUT2D eigenvalue weighted by molar-refractivity contribution is 6.20. The maximum Gasteiger partial charge on any atom is 0.222 e. The van der Waals surface area contributed by atoms with Gasteiger partial charge in [0.15, 0.2) is 0 Å². The summed E-state index contributed by atoms with van der Waals surface area (Å²) in [6, 6.07) is 0.145. The molecule has 0 saturated carbocycles. The van der Waals surface area contributed by atoms with Crippen molar-refractivity contribution in [2.75, 3.05) is 6.61 Å². The van der Waals surface area contributed by atoms with E-state index in [0.29, 0.717) is 6.42 Å². The second-order valence-electron chi connectivity index (χ2n) is 4.32. The molecule has 0 aromatic heterocycles. The molecule has 1 amide bonds. The lowest BCUT2D eigenvalue weighted by Gasteiger charge is -2.16. The van der Waals surface area contributed by atoms with E-state index in [9.17, 15) is 4.79 Å². The molecule has 88 valence electrons. The SMILES string of the molecule is CC(Cl)CC(C)NC(=O)CC1CCCO1. The maximum atomic E-state index is 11.6. The highest BCUT2D eigenvalue weighted by atomic mass is 35.5. The molecule has 1 N–H and O–H groups in total. The van der Waals surface area contributed by atoms with Gasteiger partial charge in [0, 0.05) is 18.0 Å². The Bertz CT molecular complexity index is 203. The summed E-state index contributed by atoms with van der Waals surface area (Å²) in [7, 11) is 0. The molecule has 0 spiro atoms. The van der Waals surface area contributed by atoms with Crippen LogP contribution in [0, 0.1) is 0 Å². The molecule has 1 saturated heterocycles. The van der Waals surface area contributed by atoms with E-state index >= 15 is 0 Å². The number of amides is 1. The number of nitrogens with one attached hydrogen (secondary N) is 1. The average molecular weight is 234 g/mol. The zero-order valence-corrected chi connectivity index (χ0v) is 10.2. The number of ether oxygens (including phenoxy) is 1. The van der Waals surface area contributed by atoms with Gasteiger partial charge in [-0.25, -0.2) is 0 Å². The Kier molecular flexibility index (Phi) is 5.40. The van der Waals surface area contributed by atoms with Gasteiger partial charge in [0.05, 0.1) is 12.5 Å². The van der Waals surface area contributed by atoms with Crippen molar-refractivity contribution in [3.05, 3.63) is 0 Å². The van der Waals surface area contributed by atoms with E-state index in [1.54, 1.807) is 0 Å². The Morgan fingerprint density at radius 2 is 2.33 bits per heavy atom. The third kappa shape index (κ3) is 5.38. The fourth-order valence-electron chi connectivity index (χ4n) is 1.89. The van der Waals surface area contributed by atoms with E-state index < -0.39 is 0 Å². The molecule has 0 aliphatic carbocycles. The molecule has 1 aliphatic rings. The van der Waals surface area contributed by atoms with E-state index in [4.69, 9.17) is 16.3 Å². The molecule has 0 aromatic rings. The van der Waals surface area contributed by atoms with E-state index in [2.05, 4.69) is 5.32 Å². The third-order valence-corrected chi connectivity index (χ3v) is 2.70. The molecular weight excluding hydrogens is 214 g/mol. The monoisotopic (exact) mass is 233 g/mol. The summed E-state index contributed by atoms with van der Waals surface area (Å²) in [5, 5.41) is 3.03. The minimum Gasteiger partial charge on any atom is -0.378 e. The Morgan fingerprint density at radius 3 is 2.87 bits per heavy atom. The Labute approximate surface area is 96.5 Å². The topological polar surface area (TPSA) is 38.3 Å². The van der Waals surface area contributed by atoms with Crippen molar-refractivity contribution in [1.82, 2.24) is 5.32 Å². The van der Waals surface area contributed by atoms with Crippen molar-refractivity contribution in [3.63, 3.8) is 0 Å². The molecule has 1 rings (SSSR count). The average Bonchev–Trinajstić information content (AvgIpc) is 2.53. The van der Waals surface area contributed by atoms with E-state index in [0.717, 1.165) is 25.9 Å².